The number of aromatic nitrogens is 2. The van der Waals surface area contributed by atoms with Gasteiger partial charge in [0.05, 0.1) is 111 Å². The molecule has 9 aliphatic heterocycles. The minimum atomic E-state index is -0.639. The van der Waals surface area contributed by atoms with E-state index in [1.54, 1.807) is 14.2 Å². The summed E-state index contributed by atoms with van der Waals surface area (Å²) in [6, 6.07) is 41.6. The monoisotopic (exact) mass is 1830 g/mol. The summed E-state index contributed by atoms with van der Waals surface area (Å²) in [5.41, 5.74) is 8.71. The number of carbonyl (C=O) groups excluding carboxylic acids is 6. The van der Waals surface area contributed by atoms with E-state index in [-0.39, 0.29) is 91.4 Å². The molecule has 33 heteroatoms. The first kappa shape index (κ1) is 103. The molecule has 12 atom stereocenters. The fourth-order valence-electron chi connectivity index (χ4n) is 17.4. The van der Waals surface area contributed by atoms with Crippen molar-refractivity contribution in [3.05, 3.63) is 161 Å². The van der Waals surface area contributed by atoms with E-state index >= 15 is 0 Å². The molecule has 9 saturated heterocycles. The average Bonchev–Trinajstić information content (AvgIpc) is 1.02. The van der Waals surface area contributed by atoms with Crippen LogP contribution in [0.15, 0.2) is 138 Å². The van der Waals surface area contributed by atoms with Gasteiger partial charge in [-0.15, -0.1) is 12.4 Å². The smallest absolute Gasteiger partial charge is 0.793 e. The average molecular weight is 1830 g/mol. The number of carbonyl (C=O) groups is 6. The van der Waals surface area contributed by atoms with Gasteiger partial charge in [-0.2, -0.15) is 0 Å². The minimum absolute atomic E-state index is 0. The van der Waals surface area contributed by atoms with Gasteiger partial charge in [0.1, 0.15) is 13.2 Å². The number of ketones is 1. The Bertz CT molecular complexity index is 4600. The number of likely N-dealkylation sites (tertiary alicyclic amines) is 2. The van der Waals surface area contributed by atoms with Crippen LogP contribution in [-0.2, 0) is 75.2 Å². The molecule has 0 bridgehead atoms. The van der Waals surface area contributed by atoms with Crippen molar-refractivity contribution in [2.45, 2.75) is 194 Å². The first-order chi connectivity index (χ1) is 59.6. The fraction of sp³-hybridized carbons (Fsp3) is 0.538. The zero-order valence-electron chi connectivity index (χ0n) is 75.5. The number of anilines is 2. The first-order valence-electron chi connectivity index (χ1n) is 43.2. The summed E-state index contributed by atoms with van der Waals surface area (Å²) in [5.74, 6) is 0.145. The predicted octanol–water partition coefficient (Wildman–Crippen LogP) is 10.5. The Morgan fingerprint density at radius 3 is 1.30 bits per heavy atom. The van der Waals surface area contributed by atoms with E-state index in [1.807, 2.05) is 114 Å². The van der Waals surface area contributed by atoms with Crippen LogP contribution < -0.4 is 54.1 Å². The zero-order valence-corrected chi connectivity index (χ0v) is 79.9. The molecule has 4 unspecified atom stereocenters. The molecule has 677 valence electrons. The van der Waals surface area contributed by atoms with Gasteiger partial charge in [0, 0.05) is 177 Å². The van der Waals surface area contributed by atoms with Crippen molar-refractivity contribution in [1.82, 2.24) is 44.7 Å². The van der Waals surface area contributed by atoms with E-state index in [1.165, 1.54) is 37.8 Å². The molecule has 7 aromatic rings. The Morgan fingerprint density at radius 1 is 0.500 bits per heavy atom. The predicted molar refractivity (Wildman–Crippen MR) is 488 cm³/mol. The second-order valence-electron chi connectivity index (χ2n) is 33.1. The van der Waals surface area contributed by atoms with Crippen LogP contribution in [0.4, 0.5) is 26.7 Å². The standard InChI is InChI=1S/C27H30N4O2.C20H26BrN3O2.C18H26N2O3.C12H13NO3.C10H20N2O.C4H6O4.C2H3BO2.ClH.Na/c1-18-15-31(16-19(2)33-18)22-12-13-30(17-22)25-14-29-26-23(6-5-7-24(26)27(25)32-4)20-8-10-21(28-3)11-9-20;1-13-10-24(11-14(2)26-13)15-7-8-23(12-15)18-9-22-19-16(20(18)25-3)5-4-6-17(19)21;1-14-10-20(11-15(2)23-14)17-8-9-19(12-17)18(21)22-13-16-6-4-3-5-7-16;14-11-6-7-13(8-11)12(15)16-9-10-4-2-1-3-5-10;1-8-6-12(7-9(2)13-8)10-3-4-11-5-10;1-3(5)7-8-4(2)6;1-2(4)5-3;;/h5-11,14,18-19,22H,12-13,15-17H2,1-2,4H3;4-6,9,13-15H,7-8,10-12H2,1-3H3;3-7,14-15,17H,8-13H2,1-2H3;1-5H,6-9H2;8-11H,3-7H2,1-2H3;1-2H3;1H3;1H;/q;;;;;;-1;;+1/t18-,19+,22?;13-,14+,15?;14-,15+,17?;;8-,9+,10?;;;;. The van der Waals surface area contributed by atoms with Crippen LogP contribution in [0.2, 0.25) is 0 Å². The van der Waals surface area contributed by atoms with Gasteiger partial charge in [-0.1, -0.05) is 103 Å². The van der Waals surface area contributed by atoms with Gasteiger partial charge in [0.2, 0.25) is 5.97 Å². The van der Waals surface area contributed by atoms with E-state index in [2.05, 4.69) is 158 Å². The second kappa shape index (κ2) is 51.8. The summed E-state index contributed by atoms with van der Waals surface area (Å²) >= 11 is 3.59. The van der Waals surface area contributed by atoms with Crippen LogP contribution in [0.25, 0.3) is 37.8 Å². The topological polar surface area (TPSA) is 272 Å². The normalized spacial score (nSPS) is 24.1. The minimum Gasteiger partial charge on any atom is -0.793 e. The summed E-state index contributed by atoms with van der Waals surface area (Å²) in [5, 5.41) is 5.48. The maximum atomic E-state index is 12.2. The van der Waals surface area contributed by atoms with Gasteiger partial charge in [-0.3, -0.25) is 39.2 Å². The maximum Gasteiger partial charge on any atom is 1.00 e. The molecule has 1 N–H and O–H groups in total. The van der Waals surface area contributed by atoms with Crippen molar-refractivity contribution < 1.29 is 111 Å². The van der Waals surface area contributed by atoms with Gasteiger partial charge < -0.3 is 75.5 Å². The van der Waals surface area contributed by atoms with Crippen LogP contribution in [-0.4, -0.2) is 288 Å². The first-order valence-corrected chi connectivity index (χ1v) is 43.9. The number of rotatable bonds is 13. The van der Waals surface area contributed by atoms with Crippen LogP contribution in [0.1, 0.15) is 119 Å². The summed E-state index contributed by atoms with van der Waals surface area (Å²) < 4.78 is 50.2. The van der Waals surface area contributed by atoms with E-state index in [4.69, 9.17) is 54.4 Å². The molecule has 3 radical (unpaired) electrons. The number of halogens is 2. The van der Waals surface area contributed by atoms with Crippen LogP contribution in [0, 0.1) is 6.57 Å². The molecular formula is C93H125BBrClN12NaO17. The number of para-hydroxylation sites is 2. The third-order valence-corrected chi connectivity index (χ3v) is 23.4. The maximum absolute atomic E-state index is 12.2. The van der Waals surface area contributed by atoms with Gasteiger partial charge >= 0.3 is 53.7 Å². The van der Waals surface area contributed by atoms with Crippen molar-refractivity contribution in [2.75, 3.05) is 142 Å². The summed E-state index contributed by atoms with van der Waals surface area (Å²) in [6.45, 7) is 45.2. The Hall–Kier alpha value is -8.30. The number of nitrogens with one attached hydrogen (secondary N) is 1. The largest absolute Gasteiger partial charge is 1.00 e. The van der Waals surface area contributed by atoms with Crippen molar-refractivity contribution >= 4 is 111 Å². The third kappa shape index (κ3) is 31.0. The molecule has 2 aromatic heterocycles. The van der Waals surface area contributed by atoms with Crippen molar-refractivity contribution in [2.24, 2.45) is 0 Å². The molecule has 11 heterocycles. The van der Waals surface area contributed by atoms with Gasteiger partial charge in [0.25, 0.3) is 0 Å². The number of methoxy groups -OCH3 is 2. The molecule has 0 saturated carbocycles. The summed E-state index contributed by atoms with van der Waals surface area (Å²) in [7, 11) is 7.81. The summed E-state index contributed by atoms with van der Waals surface area (Å²) in [4.78, 5) is 103. The number of amides is 2. The van der Waals surface area contributed by atoms with Crippen LogP contribution in [0.5, 0.6) is 11.5 Å². The SMILES string of the molecule is CC(=O)OOC(C)=O.COc1c(N2CCC(N3C[C@@H](C)O[C@@H](C)C3)C2)cnc2c(Br)cccc12.C[C@@H]1CN(C2CCN(C(=O)OCc3ccccc3)C2)C[C@H](C)O1.C[C@@H]1CN(C2CCNC2)C[C@H](C)O1.Cl.O=C1CCN(C(=O)OCc2ccccc2)C1.[B-]OC(C)=O.[C-]#[N+]c1ccc(-c2cccc3c(OC)c(N4CCC(N5C[C@@H](C)O[C@@H](C)C5)C4)cnc23)cc1.[Na+]. The number of hydrogen-bond acceptors (Lipinski definition) is 26. The molecule has 5 aromatic carbocycles. The molecule has 9 aliphatic rings. The second-order valence-corrected chi connectivity index (χ2v) is 33.9. The Kier molecular flexibility index (Phi) is 42.4. The number of nitrogens with zero attached hydrogens (tertiary/aromatic N) is 11. The Morgan fingerprint density at radius 2 is 0.905 bits per heavy atom. The number of benzene rings is 5. The number of pyridine rings is 2. The van der Waals surface area contributed by atoms with Crippen molar-refractivity contribution in [1.29, 1.82) is 0 Å². The molecule has 9 fully saturated rings. The Balaban J connectivity index is 0.000000192. The molecule has 29 nitrogen and oxygen atoms in total. The van der Waals surface area contributed by atoms with Gasteiger partial charge in [-0.05, 0) is 138 Å². The number of hydrogen-bond donors (Lipinski definition) is 1. The van der Waals surface area contributed by atoms with E-state index < -0.39 is 24.0 Å². The van der Waals surface area contributed by atoms with E-state index in [0.29, 0.717) is 67.8 Å². The van der Waals surface area contributed by atoms with E-state index in [0.717, 1.165) is 196 Å². The number of morpholine rings is 4. The number of Topliss-reactive ketones (excluding diaryl/α,β-unsaturated/α-hetero) is 1. The van der Waals surface area contributed by atoms with Crippen molar-refractivity contribution in [3.8, 4) is 22.6 Å². The van der Waals surface area contributed by atoms with Crippen LogP contribution >= 0.6 is 28.3 Å². The number of fused-ring (bicyclic) bond motifs is 2. The molecular weight excluding hydrogens is 1710 g/mol. The summed E-state index contributed by atoms with van der Waals surface area (Å²) in [6.07, 6.45) is 10.9. The van der Waals surface area contributed by atoms with Crippen LogP contribution in [0.3, 0.4) is 0 Å². The number of ether oxygens (including phenoxy) is 8. The molecule has 2 amide bonds. The third-order valence-electron chi connectivity index (χ3n) is 22.8. The van der Waals surface area contributed by atoms with E-state index in [9.17, 15) is 28.8 Å². The Labute approximate surface area is 780 Å². The molecule has 16 rings (SSSR count). The molecule has 0 aliphatic carbocycles. The fourth-order valence-corrected chi connectivity index (χ4v) is 17.9. The van der Waals surface area contributed by atoms with Gasteiger partial charge in [-0.25, -0.2) is 33.8 Å². The van der Waals surface area contributed by atoms with Crippen molar-refractivity contribution in [3.63, 3.8) is 0 Å². The zero-order chi connectivity index (χ0) is 88.9. The quantitative estimate of drug-likeness (QED) is 0.0486. The van der Waals surface area contributed by atoms with Gasteiger partial charge in [0.15, 0.2) is 23.0 Å². The molecule has 126 heavy (non-hydrogen) atoms. The molecule has 0 spiro atoms.